The van der Waals surface area contributed by atoms with Crippen molar-refractivity contribution in [2.24, 2.45) is 0 Å². The van der Waals surface area contributed by atoms with Crippen LogP contribution in [0.1, 0.15) is 25.1 Å². The summed E-state index contributed by atoms with van der Waals surface area (Å²) in [6.45, 7) is 2.27. The van der Waals surface area contributed by atoms with Crippen LogP contribution in [0.4, 0.5) is 0 Å². The van der Waals surface area contributed by atoms with E-state index in [9.17, 15) is 9.59 Å². The summed E-state index contributed by atoms with van der Waals surface area (Å²) in [5, 5.41) is 14.0. The summed E-state index contributed by atoms with van der Waals surface area (Å²) < 4.78 is 0. The Balaban J connectivity index is 1.91. The van der Waals surface area contributed by atoms with Crippen LogP contribution in [0.15, 0.2) is 23.7 Å². The van der Waals surface area contributed by atoms with Gasteiger partial charge in [0.15, 0.2) is 0 Å². The number of aliphatic carboxylic acids is 1. The van der Waals surface area contributed by atoms with Gasteiger partial charge in [-0.2, -0.15) is 0 Å². The largest absolute Gasteiger partial charge is 0.478 e. The van der Waals surface area contributed by atoms with Gasteiger partial charge in [0.05, 0.1) is 17.7 Å². The molecule has 2 heterocycles. The highest BCUT2D eigenvalue weighted by Gasteiger charge is 2.09. The molecule has 0 saturated heterocycles. The van der Waals surface area contributed by atoms with E-state index in [4.69, 9.17) is 5.11 Å². The molecule has 20 heavy (non-hydrogen) atoms. The highest BCUT2D eigenvalue weighted by atomic mass is 32.1. The summed E-state index contributed by atoms with van der Waals surface area (Å²) in [6, 6.07) is 1.85. The highest BCUT2D eigenvalue weighted by molar-refractivity contribution is 7.13. The minimum absolute atomic E-state index is 0.147. The number of carboxylic acids is 1. The number of thiophene rings is 1. The van der Waals surface area contributed by atoms with E-state index in [1.165, 1.54) is 28.7 Å². The number of thiazole rings is 1. The first-order valence-corrected chi connectivity index (χ1v) is 7.43. The smallest absolute Gasteiger partial charge is 0.328 e. The van der Waals surface area contributed by atoms with Gasteiger partial charge >= 0.3 is 5.97 Å². The Kier molecular flexibility index (Phi) is 4.65. The van der Waals surface area contributed by atoms with E-state index < -0.39 is 5.97 Å². The van der Waals surface area contributed by atoms with Gasteiger partial charge in [-0.15, -0.1) is 22.7 Å². The number of rotatable bonds is 5. The lowest BCUT2D eigenvalue weighted by atomic mass is 10.3. The maximum Gasteiger partial charge on any atom is 0.328 e. The zero-order chi connectivity index (χ0) is 14.5. The molecule has 0 fully saturated rings. The second-order valence-corrected chi connectivity index (χ2v) is 6.17. The summed E-state index contributed by atoms with van der Waals surface area (Å²) >= 11 is 2.82. The van der Waals surface area contributed by atoms with Crippen molar-refractivity contribution in [2.75, 3.05) is 0 Å². The van der Waals surface area contributed by atoms with Gasteiger partial charge in [0.1, 0.15) is 4.88 Å². The molecule has 0 aromatic carbocycles. The third kappa shape index (κ3) is 4.01. The third-order valence-electron chi connectivity index (χ3n) is 2.36. The number of carboxylic acid groups (broad SMARTS) is 1. The Morgan fingerprint density at radius 2 is 2.30 bits per heavy atom. The molecule has 0 saturated carbocycles. The number of carbonyl (C=O) groups is 2. The number of nitrogens with one attached hydrogen (secondary N) is 1. The van der Waals surface area contributed by atoms with E-state index >= 15 is 0 Å². The number of nitrogens with zero attached hydrogens (tertiary/aromatic N) is 1. The van der Waals surface area contributed by atoms with Crippen molar-refractivity contribution in [3.63, 3.8) is 0 Å². The standard InChI is InChI=1S/C13H12N2O3S2/c1-8-14-6-11(20-8)13(18)15-5-10-4-9(7-19-10)2-3-12(16)17/h2-4,6-7H,5H2,1H3,(H,15,18)(H,16,17)/b3-2+. The average molecular weight is 308 g/mol. The van der Waals surface area contributed by atoms with Gasteiger partial charge in [-0.05, 0) is 30.0 Å². The molecule has 0 atom stereocenters. The molecule has 0 bridgehead atoms. The molecular formula is C13H12N2O3S2. The van der Waals surface area contributed by atoms with Gasteiger partial charge < -0.3 is 10.4 Å². The van der Waals surface area contributed by atoms with E-state index in [2.05, 4.69) is 10.3 Å². The minimum Gasteiger partial charge on any atom is -0.478 e. The van der Waals surface area contributed by atoms with Crippen LogP contribution >= 0.6 is 22.7 Å². The molecule has 1 amide bonds. The Morgan fingerprint density at radius 1 is 1.50 bits per heavy atom. The molecule has 2 aromatic heterocycles. The molecule has 0 aliphatic carbocycles. The summed E-state index contributed by atoms with van der Waals surface area (Å²) in [6.07, 6.45) is 4.17. The Bertz CT molecular complexity index is 658. The number of hydrogen-bond acceptors (Lipinski definition) is 5. The van der Waals surface area contributed by atoms with Crippen LogP contribution in [0.2, 0.25) is 0 Å². The van der Waals surface area contributed by atoms with E-state index in [1.54, 1.807) is 6.20 Å². The Labute approximate surface area is 123 Å². The maximum atomic E-state index is 11.8. The van der Waals surface area contributed by atoms with Gasteiger partial charge in [0, 0.05) is 11.0 Å². The summed E-state index contributed by atoms with van der Waals surface area (Å²) in [5.74, 6) is -1.13. The van der Waals surface area contributed by atoms with Crippen molar-refractivity contribution in [3.8, 4) is 0 Å². The molecule has 0 aliphatic rings. The second kappa shape index (κ2) is 6.44. The molecule has 7 heteroatoms. The van der Waals surface area contributed by atoms with Gasteiger partial charge in [-0.1, -0.05) is 0 Å². The Morgan fingerprint density at radius 3 is 2.95 bits per heavy atom. The normalized spacial score (nSPS) is 10.8. The molecule has 2 rings (SSSR count). The van der Waals surface area contributed by atoms with Crippen molar-refractivity contribution < 1.29 is 14.7 Å². The van der Waals surface area contributed by atoms with Crippen molar-refractivity contribution in [2.45, 2.75) is 13.5 Å². The average Bonchev–Trinajstić information content (AvgIpc) is 3.02. The van der Waals surface area contributed by atoms with E-state index in [0.717, 1.165) is 21.5 Å². The zero-order valence-electron chi connectivity index (χ0n) is 10.6. The van der Waals surface area contributed by atoms with Crippen molar-refractivity contribution in [1.82, 2.24) is 10.3 Å². The fourth-order valence-electron chi connectivity index (χ4n) is 1.47. The number of aromatic nitrogens is 1. The van der Waals surface area contributed by atoms with E-state index in [-0.39, 0.29) is 5.91 Å². The summed E-state index contributed by atoms with van der Waals surface area (Å²) in [4.78, 5) is 27.8. The monoisotopic (exact) mass is 308 g/mol. The lowest BCUT2D eigenvalue weighted by molar-refractivity contribution is -0.131. The molecule has 0 spiro atoms. The van der Waals surface area contributed by atoms with Crippen LogP contribution in [0, 0.1) is 6.92 Å². The fraction of sp³-hybridized carbons (Fsp3) is 0.154. The predicted octanol–water partition coefficient (Wildman–Crippen LogP) is 2.54. The first kappa shape index (κ1) is 14.4. The molecule has 0 unspecified atom stereocenters. The molecule has 5 nitrogen and oxygen atoms in total. The SMILES string of the molecule is Cc1ncc(C(=O)NCc2cc(/C=C/C(=O)O)cs2)s1. The van der Waals surface area contributed by atoms with E-state index in [1.807, 2.05) is 18.4 Å². The minimum atomic E-state index is -0.980. The number of carbonyl (C=O) groups excluding carboxylic acids is 1. The van der Waals surface area contributed by atoms with Crippen molar-refractivity contribution in [1.29, 1.82) is 0 Å². The summed E-state index contributed by atoms with van der Waals surface area (Å²) in [7, 11) is 0. The second-order valence-electron chi connectivity index (χ2n) is 3.94. The molecule has 2 aromatic rings. The number of aryl methyl sites for hydroxylation is 1. The zero-order valence-corrected chi connectivity index (χ0v) is 12.3. The Hall–Kier alpha value is -1.99. The van der Waals surface area contributed by atoms with Crippen LogP contribution in [-0.2, 0) is 11.3 Å². The van der Waals surface area contributed by atoms with Crippen LogP contribution in [0.25, 0.3) is 6.08 Å². The lowest BCUT2D eigenvalue weighted by Gasteiger charge is -2.00. The molecular weight excluding hydrogens is 296 g/mol. The molecule has 0 radical (unpaired) electrons. The number of hydrogen-bond donors (Lipinski definition) is 2. The van der Waals surface area contributed by atoms with Gasteiger partial charge in [0.2, 0.25) is 0 Å². The molecule has 2 N–H and O–H groups in total. The van der Waals surface area contributed by atoms with Crippen LogP contribution in [-0.4, -0.2) is 22.0 Å². The predicted molar refractivity (Wildman–Crippen MR) is 79.0 cm³/mol. The maximum absolute atomic E-state index is 11.8. The van der Waals surface area contributed by atoms with Gasteiger partial charge in [-0.3, -0.25) is 4.79 Å². The van der Waals surface area contributed by atoms with Crippen molar-refractivity contribution in [3.05, 3.63) is 44.0 Å². The first-order chi connectivity index (χ1) is 9.54. The fourth-order valence-corrected chi connectivity index (χ4v) is 2.95. The topological polar surface area (TPSA) is 79.3 Å². The van der Waals surface area contributed by atoms with Gasteiger partial charge in [0.25, 0.3) is 5.91 Å². The quantitative estimate of drug-likeness (QED) is 0.832. The molecule has 0 aliphatic heterocycles. The highest BCUT2D eigenvalue weighted by Crippen LogP contribution is 2.16. The summed E-state index contributed by atoms with van der Waals surface area (Å²) in [5.41, 5.74) is 0.815. The third-order valence-corrected chi connectivity index (χ3v) is 4.23. The lowest BCUT2D eigenvalue weighted by Crippen LogP contribution is -2.21. The van der Waals surface area contributed by atoms with Crippen LogP contribution in [0.3, 0.4) is 0 Å². The van der Waals surface area contributed by atoms with Crippen LogP contribution < -0.4 is 5.32 Å². The van der Waals surface area contributed by atoms with Crippen LogP contribution in [0.5, 0.6) is 0 Å². The first-order valence-electron chi connectivity index (χ1n) is 5.73. The van der Waals surface area contributed by atoms with Crippen molar-refractivity contribution >= 4 is 40.6 Å². The van der Waals surface area contributed by atoms with E-state index in [0.29, 0.717) is 11.4 Å². The van der Waals surface area contributed by atoms with Gasteiger partial charge in [-0.25, -0.2) is 9.78 Å². The molecule has 104 valence electrons. The number of amides is 1.